The van der Waals surface area contributed by atoms with Crippen LogP contribution in [0.2, 0.25) is 5.02 Å². The van der Waals surface area contributed by atoms with E-state index in [2.05, 4.69) is 11.9 Å². The van der Waals surface area contributed by atoms with Gasteiger partial charge in [0.2, 0.25) is 0 Å². The summed E-state index contributed by atoms with van der Waals surface area (Å²) in [6, 6.07) is 1.87. The van der Waals surface area contributed by atoms with E-state index in [-0.39, 0.29) is 6.10 Å². The summed E-state index contributed by atoms with van der Waals surface area (Å²) in [5, 5.41) is 10.9. The maximum atomic E-state index is 10.3. The van der Waals surface area contributed by atoms with Gasteiger partial charge in [-0.25, -0.2) is 0 Å². The molecule has 0 radical (unpaired) electrons. The standard InChI is InChI=1S/C13H18ClNO2/c1-9-8-17-5-3-11(9)13(16)6-10-2-4-15-7-12(10)14/h2,4,7,9,11,13,16H,3,5-6,8H2,1H3. The second-order valence-electron chi connectivity index (χ2n) is 4.74. The van der Waals surface area contributed by atoms with E-state index in [1.807, 2.05) is 6.07 Å². The molecule has 17 heavy (non-hydrogen) atoms. The Bertz CT molecular complexity index is 372. The van der Waals surface area contributed by atoms with E-state index in [0.29, 0.717) is 23.3 Å². The summed E-state index contributed by atoms with van der Waals surface area (Å²) in [7, 11) is 0. The Kier molecular flexibility index (Phi) is 4.37. The molecule has 1 aromatic heterocycles. The molecule has 3 unspecified atom stereocenters. The maximum Gasteiger partial charge on any atom is 0.0622 e. The Morgan fingerprint density at radius 2 is 2.47 bits per heavy atom. The molecule has 2 rings (SSSR count). The highest BCUT2D eigenvalue weighted by molar-refractivity contribution is 6.31. The number of aliphatic hydroxyl groups is 1. The van der Waals surface area contributed by atoms with E-state index in [4.69, 9.17) is 16.3 Å². The molecule has 3 nitrogen and oxygen atoms in total. The molecule has 0 aliphatic carbocycles. The van der Waals surface area contributed by atoms with Crippen molar-refractivity contribution in [3.8, 4) is 0 Å². The van der Waals surface area contributed by atoms with Gasteiger partial charge >= 0.3 is 0 Å². The zero-order valence-corrected chi connectivity index (χ0v) is 10.7. The van der Waals surface area contributed by atoms with Crippen molar-refractivity contribution in [1.82, 2.24) is 4.98 Å². The van der Waals surface area contributed by atoms with Crippen molar-refractivity contribution in [3.63, 3.8) is 0 Å². The van der Waals surface area contributed by atoms with E-state index in [1.165, 1.54) is 0 Å². The molecule has 1 aromatic rings. The first-order chi connectivity index (χ1) is 8.18. The third-order valence-electron chi connectivity index (χ3n) is 3.49. The number of aromatic nitrogens is 1. The predicted molar refractivity (Wildman–Crippen MR) is 67.0 cm³/mol. The molecule has 0 amide bonds. The monoisotopic (exact) mass is 255 g/mol. The zero-order valence-electron chi connectivity index (χ0n) is 9.97. The third-order valence-corrected chi connectivity index (χ3v) is 3.83. The number of ether oxygens (including phenoxy) is 1. The van der Waals surface area contributed by atoms with Gasteiger partial charge in [0.15, 0.2) is 0 Å². The van der Waals surface area contributed by atoms with E-state index in [9.17, 15) is 5.11 Å². The topological polar surface area (TPSA) is 42.4 Å². The van der Waals surface area contributed by atoms with Crippen LogP contribution in [0, 0.1) is 11.8 Å². The van der Waals surface area contributed by atoms with Gasteiger partial charge in [0, 0.05) is 32.0 Å². The molecule has 94 valence electrons. The number of rotatable bonds is 3. The largest absolute Gasteiger partial charge is 0.392 e. The van der Waals surface area contributed by atoms with Gasteiger partial charge in [0.25, 0.3) is 0 Å². The van der Waals surface area contributed by atoms with Gasteiger partial charge in [0.05, 0.1) is 11.1 Å². The number of nitrogens with zero attached hydrogens (tertiary/aromatic N) is 1. The van der Waals surface area contributed by atoms with Gasteiger partial charge in [-0.15, -0.1) is 0 Å². The quantitative estimate of drug-likeness (QED) is 0.901. The van der Waals surface area contributed by atoms with Gasteiger partial charge in [-0.05, 0) is 29.9 Å². The molecule has 1 N–H and O–H groups in total. The van der Waals surface area contributed by atoms with Crippen LogP contribution < -0.4 is 0 Å². The van der Waals surface area contributed by atoms with Crippen LogP contribution in [0.3, 0.4) is 0 Å². The van der Waals surface area contributed by atoms with Gasteiger partial charge < -0.3 is 9.84 Å². The molecule has 0 bridgehead atoms. The molecule has 0 spiro atoms. The number of pyridine rings is 1. The van der Waals surface area contributed by atoms with Crippen LogP contribution in [0.25, 0.3) is 0 Å². The lowest BCUT2D eigenvalue weighted by molar-refractivity contribution is -0.0294. The number of hydrogen-bond acceptors (Lipinski definition) is 3. The third kappa shape index (κ3) is 3.18. The minimum Gasteiger partial charge on any atom is -0.392 e. The van der Waals surface area contributed by atoms with E-state index in [0.717, 1.165) is 25.2 Å². The second-order valence-corrected chi connectivity index (χ2v) is 5.15. The first-order valence-corrected chi connectivity index (χ1v) is 6.40. The molecular formula is C13H18ClNO2. The average Bonchev–Trinajstić information content (AvgIpc) is 2.32. The van der Waals surface area contributed by atoms with Crippen molar-refractivity contribution in [2.45, 2.75) is 25.9 Å². The summed E-state index contributed by atoms with van der Waals surface area (Å²) in [6.45, 7) is 3.61. The Labute approximate surface area is 107 Å². The predicted octanol–water partition coefficient (Wildman–Crippen LogP) is 2.31. The first kappa shape index (κ1) is 12.8. The number of hydrogen-bond donors (Lipinski definition) is 1. The molecule has 0 saturated carbocycles. The lowest BCUT2D eigenvalue weighted by Crippen LogP contribution is -2.35. The molecule has 1 saturated heterocycles. The normalized spacial score (nSPS) is 26.8. The average molecular weight is 256 g/mol. The first-order valence-electron chi connectivity index (χ1n) is 6.02. The van der Waals surface area contributed by atoms with Gasteiger partial charge in [-0.3, -0.25) is 4.98 Å². The smallest absolute Gasteiger partial charge is 0.0622 e. The van der Waals surface area contributed by atoms with E-state index >= 15 is 0 Å². The van der Waals surface area contributed by atoms with Gasteiger partial charge in [0.1, 0.15) is 0 Å². The molecule has 0 aromatic carbocycles. The van der Waals surface area contributed by atoms with E-state index in [1.54, 1.807) is 12.4 Å². The Morgan fingerprint density at radius 1 is 1.65 bits per heavy atom. The SMILES string of the molecule is CC1COCCC1C(O)Cc1ccncc1Cl. The van der Waals surface area contributed by atoms with Crippen molar-refractivity contribution in [2.75, 3.05) is 13.2 Å². The molecular weight excluding hydrogens is 238 g/mol. The highest BCUT2D eigenvalue weighted by Gasteiger charge is 2.28. The number of halogens is 1. The second kappa shape index (κ2) is 5.80. The summed E-state index contributed by atoms with van der Waals surface area (Å²) in [6.07, 6.45) is 4.49. The van der Waals surface area contributed by atoms with Crippen molar-refractivity contribution in [3.05, 3.63) is 29.0 Å². The Hall–Kier alpha value is -0.640. The zero-order chi connectivity index (χ0) is 12.3. The fourth-order valence-corrected chi connectivity index (χ4v) is 2.61. The van der Waals surface area contributed by atoms with Crippen LogP contribution in [0.15, 0.2) is 18.5 Å². The minimum atomic E-state index is -0.353. The molecule has 1 aliphatic rings. The van der Waals surface area contributed by atoms with Crippen molar-refractivity contribution in [1.29, 1.82) is 0 Å². The van der Waals surface area contributed by atoms with Crippen molar-refractivity contribution < 1.29 is 9.84 Å². The summed E-state index contributed by atoms with van der Waals surface area (Å²) in [5.41, 5.74) is 0.966. The highest BCUT2D eigenvalue weighted by Crippen LogP contribution is 2.27. The molecule has 2 heterocycles. The highest BCUT2D eigenvalue weighted by atomic mass is 35.5. The Balaban J connectivity index is 2.01. The summed E-state index contributed by atoms with van der Waals surface area (Å²) < 4.78 is 5.39. The number of aliphatic hydroxyl groups excluding tert-OH is 1. The minimum absolute atomic E-state index is 0.299. The molecule has 3 atom stereocenters. The summed E-state index contributed by atoms with van der Waals surface area (Å²) in [4.78, 5) is 3.95. The molecule has 1 fully saturated rings. The van der Waals surface area contributed by atoms with Crippen LogP contribution in [-0.4, -0.2) is 29.4 Å². The van der Waals surface area contributed by atoms with Crippen LogP contribution in [0.1, 0.15) is 18.9 Å². The van der Waals surface area contributed by atoms with Gasteiger partial charge in [-0.2, -0.15) is 0 Å². The maximum absolute atomic E-state index is 10.3. The van der Waals surface area contributed by atoms with E-state index < -0.39 is 0 Å². The lowest BCUT2D eigenvalue weighted by Gasteiger charge is -2.32. The van der Waals surface area contributed by atoms with Crippen LogP contribution in [0.4, 0.5) is 0 Å². The van der Waals surface area contributed by atoms with Crippen LogP contribution >= 0.6 is 11.6 Å². The van der Waals surface area contributed by atoms with Gasteiger partial charge in [-0.1, -0.05) is 18.5 Å². The van der Waals surface area contributed by atoms with Crippen molar-refractivity contribution >= 4 is 11.6 Å². The molecule has 4 heteroatoms. The van der Waals surface area contributed by atoms with Crippen molar-refractivity contribution in [2.24, 2.45) is 11.8 Å². The lowest BCUT2D eigenvalue weighted by atomic mass is 9.83. The summed E-state index contributed by atoms with van der Waals surface area (Å²) >= 11 is 6.05. The van der Waals surface area contributed by atoms with Crippen LogP contribution in [-0.2, 0) is 11.2 Å². The fraction of sp³-hybridized carbons (Fsp3) is 0.615. The summed E-state index contributed by atoms with van der Waals surface area (Å²) in [5.74, 6) is 0.701. The van der Waals surface area contributed by atoms with Crippen LogP contribution in [0.5, 0.6) is 0 Å². The Morgan fingerprint density at radius 3 is 3.18 bits per heavy atom. The fourth-order valence-electron chi connectivity index (χ4n) is 2.41. The molecule has 1 aliphatic heterocycles.